The summed E-state index contributed by atoms with van der Waals surface area (Å²) in [5.74, 6) is 2.54. The van der Waals surface area contributed by atoms with Gasteiger partial charge < -0.3 is 14.0 Å². The minimum Gasteiger partial charge on any atom is -0.493 e. The molecule has 0 bridgehead atoms. The first-order valence-electron chi connectivity index (χ1n) is 10.6. The Kier molecular flexibility index (Phi) is 6.33. The molecule has 0 aliphatic heterocycles. The van der Waals surface area contributed by atoms with Crippen molar-refractivity contribution >= 4 is 0 Å². The maximum atomic E-state index is 5.61. The monoisotopic (exact) mass is 407 g/mol. The molecule has 1 heterocycles. The first-order chi connectivity index (χ1) is 14.7. The standard InChI is InChI=1S/C24H29N3O3/c1-4-13-27(20-11-9-17-7-5-6-8-18(17)14-20)16-23-25-24(26-30-23)19-10-12-21(28-2)22(15-19)29-3/h5-8,10,12,15,20H,4,9,11,13-14,16H2,1-3H3. The lowest BCUT2D eigenvalue weighted by Crippen LogP contribution is -2.39. The molecule has 0 amide bonds. The van der Waals surface area contributed by atoms with Gasteiger partial charge in [0.2, 0.25) is 11.7 Å². The largest absolute Gasteiger partial charge is 0.493 e. The van der Waals surface area contributed by atoms with Gasteiger partial charge in [0, 0.05) is 11.6 Å². The number of fused-ring (bicyclic) bond motifs is 1. The zero-order valence-corrected chi connectivity index (χ0v) is 17.9. The first-order valence-corrected chi connectivity index (χ1v) is 10.6. The predicted molar refractivity (Wildman–Crippen MR) is 116 cm³/mol. The SMILES string of the molecule is CCCN(Cc1nc(-c2ccc(OC)c(OC)c2)no1)C1CCc2ccccc2C1. The molecule has 1 unspecified atom stereocenters. The average Bonchev–Trinajstić information content (AvgIpc) is 3.26. The molecule has 0 fully saturated rings. The maximum absolute atomic E-state index is 5.61. The van der Waals surface area contributed by atoms with Crippen molar-refractivity contribution in [2.24, 2.45) is 0 Å². The lowest BCUT2D eigenvalue weighted by atomic mass is 9.87. The van der Waals surface area contributed by atoms with Crippen LogP contribution < -0.4 is 9.47 Å². The van der Waals surface area contributed by atoms with Crippen LogP contribution in [0.5, 0.6) is 11.5 Å². The number of benzene rings is 2. The summed E-state index contributed by atoms with van der Waals surface area (Å²) in [6, 6.07) is 14.9. The van der Waals surface area contributed by atoms with E-state index in [9.17, 15) is 0 Å². The highest BCUT2D eigenvalue weighted by Gasteiger charge is 2.25. The molecule has 4 rings (SSSR count). The average molecular weight is 408 g/mol. The molecule has 0 saturated heterocycles. The van der Waals surface area contributed by atoms with E-state index in [4.69, 9.17) is 14.0 Å². The van der Waals surface area contributed by atoms with Crippen molar-refractivity contribution in [3.63, 3.8) is 0 Å². The van der Waals surface area contributed by atoms with Crippen LogP contribution in [0.2, 0.25) is 0 Å². The van der Waals surface area contributed by atoms with Gasteiger partial charge in [0.1, 0.15) is 0 Å². The first kappa shape index (κ1) is 20.4. The van der Waals surface area contributed by atoms with E-state index in [2.05, 4.69) is 46.2 Å². The molecule has 1 atom stereocenters. The fraction of sp³-hybridized carbons (Fsp3) is 0.417. The molecule has 1 aliphatic rings. The third-order valence-electron chi connectivity index (χ3n) is 5.80. The van der Waals surface area contributed by atoms with Crippen LogP contribution in [0.4, 0.5) is 0 Å². The summed E-state index contributed by atoms with van der Waals surface area (Å²) >= 11 is 0. The van der Waals surface area contributed by atoms with Crippen LogP contribution in [0, 0.1) is 0 Å². The van der Waals surface area contributed by atoms with E-state index in [1.807, 2.05) is 18.2 Å². The van der Waals surface area contributed by atoms with Crippen LogP contribution in [0.15, 0.2) is 47.0 Å². The normalized spacial score (nSPS) is 15.8. The molecular formula is C24H29N3O3. The van der Waals surface area contributed by atoms with Gasteiger partial charge in [-0.3, -0.25) is 4.90 Å². The molecule has 6 nitrogen and oxygen atoms in total. The van der Waals surface area contributed by atoms with E-state index >= 15 is 0 Å². The van der Waals surface area contributed by atoms with Crippen LogP contribution in [0.25, 0.3) is 11.4 Å². The summed E-state index contributed by atoms with van der Waals surface area (Å²) in [4.78, 5) is 7.14. The van der Waals surface area contributed by atoms with Crippen molar-refractivity contribution < 1.29 is 14.0 Å². The van der Waals surface area contributed by atoms with Crippen LogP contribution in [-0.2, 0) is 19.4 Å². The van der Waals surface area contributed by atoms with E-state index in [1.54, 1.807) is 14.2 Å². The van der Waals surface area contributed by atoms with E-state index < -0.39 is 0 Å². The van der Waals surface area contributed by atoms with Gasteiger partial charge in [-0.25, -0.2) is 0 Å². The number of nitrogens with zero attached hydrogens (tertiary/aromatic N) is 3. The van der Waals surface area contributed by atoms with Crippen LogP contribution >= 0.6 is 0 Å². The van der Waals surface area contributed by atoms with Crippen molar-refractivity contribution in [3.8, 4) is 22.9 Å². The Hall–Kier alpha value is -2.86. The number of rotatable bonds is 8. The molecule has 2 aromatic carbocycles. The van der Waals surface area contributed by atoms with Gasteiger partial charge in [-0.15, -0.1) is 0 Å². The van der Waals surface area contributed by atoms with Gasteiger partial charge in [-0.1, -0.05) is 36.3 Å². The molecular weight excluding hydrogens is 378 g/mol. The fourth-order valence-corrected chi connectivity index (χ4v) is 4.25. The van der Waals surface area contributed by atoms with Gasteiger partial charge in [0.05, 0.1) is 20.8 Å². The summed E-state index contributed by atoms with van der Waals surface area (Å²) < 4.78 is 16.3. The summed E-state index contributed by atoms with van der Waals surface area (Å²) in [5, 5.41) is 4.20. The Balaban J connectivity index is 1.50. The smallest absolute Gasteiger partial charge is 0.241 e. The van der Waals surface area contributed by atoms with Crippen LogP contribution in [-0.4, -0.2) is 41.8 Å². The molecule has 3 aromatic rings. The Morgan fingerprint density at radius 1 is 1.07 bits per heavy atom. The molecule has 30 heavy (non-hydrogen) atoms. The number of methoxy groups -OCH3 is 2. The van der Waals surface area contributed by atoms with Gasteiger partial charge in [-0.05, 0) is 61.6 Å². The number of aryl methyl sites for hydroxylation is 1. The van der Waals surface area contributed by atoms with Crippen molar-refractivity contribution in [1.29, 1.82) is 0 Å². The lowest BCUT2D eigenvalue weighted by Gasteiger charge is -2.34. The zero-order valence-electron chi connectivity index (χ0n) is 17.9. The second-order valence-corrected chi connectivity index (χ2v) is 7.72. The third-order valence-corrected chi connectivity index (χ3v) is 5.80. The summed E-state index contributed by atoms with van der Waals surface area (Å²) in [5.41, 5.74) is 3.79. The minimum absolute atomic E-state index is 0.497. The van der Waals surface area contributed by atoms with Crippen molar-refractivity contribution in [3.05, 3.63) is 59.5 Å². The Bertz CT molecular complexity index is 985. The molecule has 158 valence electrons. The van der Waals surface area contributed by atoms with Crippen LogP contribution in [0.1, 0.15) is 36.8 Å². The van der Waals surface area contributed by atoms with E-state index in [0.29, 0.717) is 35.8 Å². The molecule has 1 aliphatic carbocycles. The molecule has 0 spiro atoms. The third kappa shape index (κ3) is 4.33. The zero-order chi connectivity index (χ0) is 20.9. The lowest BCUT2D eigenvalue weighted by molar-refractivity contribution is 0.151. The molecule has 0 saturated carbocycles. The van der Waals surface area contributed by atoms with Crippen LogP contribution in [0.3, 0.4) is 0 Å². The minimum atomic E-state index is 0.497. The molecule has 0 radical (unpaired) electrons. The van der Waals surface area contributed by atoms with Gasteiger partial charge in [0.25, 0.3) is 0 Å². The van der Waals surface area contributed by atoms with Crippen molar-refractivity contribution in [1.82, 2.24) is 15.0 Å². The molecule has 6 heteroatoms. The van der Waals surface area contributed by atoms with Gasteiger partial charge in [-0.2, -0.15) is 4.98 Å². The number of hydrogen-bond donors (Lipinski definition) is 0. The quantitative estimate of drug-likeness (QED) is 0.547. The maximum Gasteiger partial charge on any atom is 0.241 e. The fourth-order valence-electron chi connectivity index (χ4n) is 4.25. The second-order valence-electron chi connectivity index (χ2n) is 7.72. The summed E-state index contributed by atoms with van der Waals surface area (Å²) in [6.45, 7) is 3.90. The number of aromatic nitrogens is 2. The van der Waals surface area contributed by atoms with Crippen molar-refractivity contribution in [2.45, 2.75) is 45.2 Å². The topological polar surface area (TPSA) is 60.6 Å². The second kappa shape index (κ2) is 9.30. The van der Waals surface area contributed by atoms with Gasteiger partial charge >= 0.3 is 0 Å². The highest BCUT2D eigenvalue weighted by Crippen LogP contribution is 2.31. The number of hydrogen-bond acceptors (Lipinski definition) is 6. The van der Waals surface area contributed by atoms with E-state index in [0.717, 1.165) is 37.8 Å². The highest BCUT2D eigenvalue weighted by atomic mass is 16.5. The number of ether oxygens (including phenoxy) is 2. The molecule has 0 N–H and O–H groups in total. The summed E-state index contributed by atoms with van der Waals surface area (Å²) in [6.07, 6.45) is 4.46. The molecule has 1 aromatic heterocycles. The van der Waals surface area contributed by atoms with E-state index in [1.165, 1.54) is 11.1 Å². The van der Waals surface area contributed by atoms with Gasteiger partial charge in [0.15, 0.2) is 11.5 Å². The highest BCUT2D eigenvalue weighted by molar-refractivity contribution is 5.60. The predicted octanol–water partition coefficient (Wildman–Crippen LogP) is 4.52. The summed E-state index contributed by atoms with van der Waals surface area (Å²) in [7, 11) is 3.24. The van der Waals surface area contributed by atoms with Crippen molar-refractivity contribution in [2.75, 3.05) is 20.8 Å². The Morgan fingerprint density at radius 2 is 1.87 bits per heavy atom. The van der Waals surface area contributed by atoms with E-state index in [-0.39, 0.29) is 0 Å². The Morgan fingerprint density at radius 3 is 2.63 bits per heavy atom. The Labute approximate surface area is 177 Å².